The zero-order chi connectivity index (χ0) is 9.23. The van der Waals surface area contributed by atoms with Crippen molar-refractivity contribution in [3.63, 3.8) is 0 Å². The lowest BCUT2D eigenvalue weighted by molar-refractivity contribution is 0.592. The van der Waals surface area contributed by atoms with E-state index in [4.69, 9.17) is 0 Å². The molecular weight excluding hydrogens is 186 g/mol. The molecule has 0 spiro atoms. The largest absolute Gasteiger partial charge is 0.313 e. The molecule has 0 aliphatic rings. The van der Waals surface area contributed by atoms with Crippen molar-refractivity contribution < 1.29 is 0 Å². The molecule has 0 rings (SSSR count). The summed E-state index contributed by atoms with van der Waals surface area (Å²) in [5.74, 6) is 3.76. The van der Waals surface area contributed by atoms with Gasteiger partial charge in [-0.3, -0.25) is 0 Å². The van der Waals surface area contributed by atoms with Gasteiger partial charge < -0.3 is 5.32 Å². The van der Waals surface area contributed by atoms with Gasteiger partial charge in [0.05, 0.1) is 0 Å². The predicted molar refractivity (Wildman–Crippen MR) is 63.5 cm³/mol. The second-order valence-corrected chi connectivity index (χ2v) is 5.17. The topological polar surface area (TPSA) is 12.0 Å². The molecule has 0 aromatic heterocycles. The fraction of sp³-hybridized carbons (Fsp3) is 1.00. The molecule has 1 unspecified atom stereocenters. The van der Waals surface area contributed by atoms with Gasteiger partial charge in [-0.2, -0.15) is 23.5 Å². The molecule has 1 atom stereocenters. The summed E-state index contributed by atoms with van der Waals surface area (Å²) in [4.78, 5) is 0. The number of hydrogen-bond donors (Lipinski definition) is 1. The van der Waals surface area contributed by atoms with Crippen LogP contribution in [0, 0.1) is 0 Å². The molecule has 0 saturated heterocycles. The Bertz CT molecular complexity index is 88.6. The van der Waals surface area contributed by atoms with E-state index in [0.717, 1.165) is 0 Å². The summed E-state index contributed by atoms with van der Waals surface area (Å²) in [6.07, 6.45) is 3.46. The summed E-state index contributed by atoms with van der Waals surface area (Å²) < 4.78 is 0. The van der Waals surface area contributed by atoms with Gasteiger partial charge in [0.2, 0.25) is 0 Å². The molecule has 0 amide bonds. The first-order valence-corrected chi connectivity index (χ1v) is 7.16. The van der Waals surface area contributed by atoms with Gasteiger partial charge in [-0.05, 0) is 37.7 Å². The van der Waals surface area contributed by atoms with Gasteiger partial charge in [-0.25, -0.2) is 0 Å². The summed E-state index contributed by atoms with van der Waals surface area (Å²) in [5.41, 5.74) is 0. The molecular formula is C9H21NS2. The molecule has 0 fully saturated rings. The highest BCUT2D eigenvalue weighted by Crippen LogP contribution is 2.01. The maximum atomic E-state index is 3.52. The van der Waals surface area contributed by atoms with Crippen LogP contribution in [0.1, 0.15) is 20.3 Å². The van der Waals surface area contributed by atoms with Gasteiger partial charge in [-0.1, -0.05) is 6.92 Å². The third-order valence-electron chi connectivity index (χ3n) is 1.59. The SMILES string of the molecule is CCSCC(C)NCCCSC. The van der Waals surface area contributed by atoms with Crippen molar-refractivity contribution in [3.8, 4) is 0 Å². The summed E-state index contributed by atoms with van der Waals surface area (Å²) in [6, 6.07) is 0.678. The third kappa shape index (κ3) is 8.75. The first-order valence-electron chi connectivity index (χ1n) is 4.61. The van der Waals surface area contributed by atoms with E-state index in [2.05, 4.69) is 25.4 Å². The lowest BCUT2D eigenvalue weighted by atomic mass is 10.3. The number of thioether (sulfide) groups is 2. The van der Waals surface area contributed by atoms with Crippen LogP contribution in [0.2, 0.25) is 0 Å². The smallest absolute Gasteiger partial charge is 0.0129 e. The minimum absolute atomic E-state index is 0.678. The third-order valence-corrected chi connectivity index (χ3v) is 3.43. The van der Waals surface area contributed by atoms with Crippen molar-refractivity contribution in [1.82, 2.24) is 5.32 Å². The number of rotatable bonds is 8. The van der Waals surface area contributed by atoms with Gasteiger partial charge in [0.1, 0.15) is 0 Å². The van der Waals surface area contributed by atoms with Crippen molar-refractivity contribution in [2.45, 2.75) is 26.3 Å². The Morgan fingerprint density at radius 1 is 1.42 bits per heavy atom. The zero-order valence-corrected chi connectivity index (χ0v) is 10.1. The highest BCUT2D eigenvalue weighted by atomic mass is 32.2. The molecule has 0 aromatic rings. The van der Waals surface area contributed by atoms with E-state index in [1.165, 1.54) is 30.2 Å². The van der Waals surface area contributed by atoms with E-state index in [1.807, 2.05) is 23.5 Å². The average Bonchev–Trinajstić information content (AvgIpc) is 2.09. The number of hydrogen-bond acceptors (Lipinski definition) is 3. The lowest BCUT2D eigenvalue weighted by Crippen LogP contribution is -2.29. The Morgan fingerprint density at radius 3 is 2.75 bits per heavy atom. The highest BCUT2D eigenvalue weighted by Gasteiger charge is 1.98. The maximum Gasteiger partial charge on any atom is 0.0129 e. The molecule has 0 aliphatic carbocycles. The van der Waals surface area contributed by atoms with Gasteiger partial charge >= 0.3 is 0 Å². The van der Waals surface area contributed by atoms with E-state index in [0.29, 0.717) is 6.04 Å². The van der Waals surface area contributed by atoms with Gasteiger partial charge in [0.15, 0.2) is 0 Å². The van der Waals surface area contributed by atoms with Gasteiger partial charge in [0.25, 0.3) is 0 Å². The minimum Gasteiger partial charge on any atom is -0.313 e. The van der Waals surface area contributed by atoms with Crippen LogP contribution in [-0.4, -0.2) is 36.1 Å². The van der Waals surface area contributed by atoms with E-state index in [-0.39, 0.29) is 0 Å². The van der Waals surface area contributed by atoms with Crippen LogP contribution in [0.5, 0.6) is 0 Å². The van der Waals surface area contributed by atoms with E-state index >= 15 is 0 Å². The molecule has 3 heteroatoms. The predicted octanol–water partition coefficient (Wildman–Crippen LogP) is 2.47. The summed E-state index contributed by atoms with van der Waals surface area (Å²) in [5, 5.41) is 3.52. The van der Waals surface area contributed by atoms with Crippen LogP contribution in [0.4, 0.5) is 0 Å². The van der Waals surface area contributed by atoms with Gasteiger partial charge in [0, 0.05) is 11.8 Å². The zero-order valence-electron chi connectivity index (χ0n) is 8.43. The minimum atomic E-state index is 0.678. The molecule has 1 N–H and O–H groups in total. The fourth-order valence-corrected chi connectivity index (χ4v) is 2.06. The number of nitrogens with one attached hydrogen (secondary N) is 1. The van der Waals surface area contributed by atoms with Crippen molar-refractivity contribution in [2.24, 2.45) is 0 Å². The lowest BCUT2D eigenvalue weighted by Gasteiger charge is -2.12. The standard InChI is InChI=1S/C9H21NS2/c1-4-12-8-9(2)10-6-5-7-11-3/h9-10H,4-8H2,1-3H3. The van der Waals surface area contributed by atoms with Crippen LogP contribution in [-0.2, 0) is 0 Å². The molecule has 0 bridgehead atoms. The fourth-order valence-electron chi connectivity index (χ4n) is 0.919. The summed E-state index contributed by atoms with van der Waals surface area (Å²) in [7, 11) is 0. The Morgan fingerprint density at radius 2 is 2.17 bits per heavy atom. The molecule has 0 saturated carbocycles. The first-order chi connectivity index (χ1) is 5.81. The Labute approximate surface area is 85.5 Å². The molecule has 0 aliphatic heterocycles. The van der Waals surface area contributed by atoms with E-state index in [9.17, 15) is 0 Å². The maximum absolute atomic E-state index is 3.52. The molecule has 0 radical (unpaired) electrons. The molecule has 0 aromatic carbocycles. The molecule has 0 heterocycles. The summed E-state index contributed by atoms with van der Waals surface area (Å²) >= 11 is 3.94. The van der Waals surface area contributed by atoms with Gasteiger partial charge in [-0.15, -0.1) is 0 Å². The Kier molecular flexibility index (Phi) is 10.3. The molecule has 74 valence electrons. The van der Waals surface area contributed by atoms with Crippen molar-refractivity contribution >= 4 is 23.5 Å². The average molecular weight is 207 g/mol. The van der Waals surface area contributed by atoms with Crippen molar-refractivity contribution in [1.29, 1.82) is 0 Å². The normalized spacial score (nSPS) is 13.2. The Balaban J connectivity index is 3.02. The molecule has 12 heavy (non-hydrogen) atoms. The van der Waals surface area contributed by atoms with Crippen LogP contribution in [0.3, 0.4) is 0 Å². The quantitative estimate of drug-likeness (QED) is 0.614. The van der Waals surface area contributed by atoms with E-state index in [1.54, 1.807) is 0 Å². The van der Waals surface area contributed by atoms with Crippen LogP contribution >= 0.6 is 23.5 Å². The van der Waals surface area contributed by atoms with Crippen LogP contribution in [0.15, 0.2) is 0 Å². The van der Waals surface area contributed by atoms with Crippen LogP contribution < -0.4 is 5.32 Å². The second kappa shape index (κ2) is 9.75. The molecule has 1 nitrogen and oxygen atoms in total. The first kappa shape index (κ1) is 12.7. The Hall–Kier alpha value is 0.660. The monoisotopic (exact) mass is 207 g/mol. The van der Waals surface area contributed by atoms with Crippen LogP contribution in [0.25, 0.3) is 0 Å². The van der Waals surface area contributed by atoms with E-state index < -0.39 is 0 Å². The second-order valence-electron chi connectivity index (χ2n) is 2.86. The highest BCUT2D eigenvalue weighted by molar-refractivity contribution is 7.99. The van der Waals surface area contributed by atoms with Crippen molar-refractivity contribution in [2.75, 3.05) is 30.1 Å². The summed E-state index contributed by atoms with van der Waals surface area (Å²) in [6.45, 7) is 5.65. The van der Waals surface area contributed by atoms with Crippen molar-refractivity contribution in [3.05, 3.63) is 0 Å².